The predicted molar refractivity (Wildman–Crippen MR) is 74.7 cm³/mol. The highest BCUT2D eigenvalue weighted by atomic mass is 16.2. The van der Waals surface area contributed by atoms with Crippen molar-refractivity contribution in [2.75, 3.05) is 23.3 Å². The minimum absolute atomic E-state index is 0.171. The monoisotopic (exact) mass is 250 g/mol. The number of aromatic nitrogens is 1. The van der Waals surface area contributed by atoms with Crippen LogP contribution in [0.3, 0.4) is 0 Å². The number of pyridine rings is 1. The van der Waals surface area contributed by atoms with E-state index in [0.29, 0.717) is 12.1 Å². The molecule has 0 aliphatic rings. The Morgan fingerprint density at radius 2 is 2.06 bits per heavy atom. The maximum Gasteiger partial charge on any atom is 0.241 e. The van der Waals surface area contributed by atoms with Gasteiger partial charge in [0, 0.05) is 13.1 Å². The fraction of sp³-hybridized carbons (Fsp3) is 0.538. The molecule has 0 fully saturated rings. The summed E-state index contributed by atoms with van der Waals surface area (Å²) in [4.78, 5) is 18.1. The summed E-state index contributed by atoms with van der Waals surface area (Å²) in [5, 5.41) is 2.75. The smallest absolute Gasteiger partial charge is 0.241 e. The predicted octanol–water partition coefficient (Wildman–Crippen LogP) is 1.60. The third-order valence-electron chi connectivity index (χ3n) is 2.88. The lowest BCUT2D eigenvalue weighted by Gasteiger charge is -2.19. The number of amides is 1. The van der Waals surface area contributed by atoms with Crippen molar-refractivity contribution >= 4 is 17.4 Å². The second-order valence-electron chi connectivity index (χ2n) is 4.08. The Bertz CT molecular complexity index is 373. The van der Waals surface area contributed by atoms with Gasteiger partial charge in [0.05, 0.1) is 17.9 Å². The van der Waals surface area contributed by atoms with Crippen molar-refractivity contribution in [1.82, 2.24) is 4.98 Å². The van der Waals surface area contributed by atoms with E-state index in [2.05, 4.69) is 29.0 Å². The minimum Gasteiger partial charge on any atom is -0.357 e. The molecule has 0 spiro atoms. The fourth-order valence-corrected chi connectivity index (χ4v) is 1.62. The van der Waals surface area contributed by atoms with Gasteiger partial charge < -0.3 is 16.0 Å². The highest BCUT2D eigenvalue weighted by molar-refractivity contribution is 5.94. The number of nitrogens with one attached hydrogen (secondary N) is 1. The maximum atomic E-state index is 11.6. The first-order chi connectivity index (χ1) is 8.62. The van der Waals surface area contributed by atoms with Crippen LogP contribution in [-0.2, 0) is 4.79 Å². The molecule has 1 amide bonds. The van der Waals surface area contributed by atoms with Crippen LogP contribution in [0.4, 0.5) is 11.5 Å². The van der Waals surface area contributed by atoms with Crippen molar-refractivity contribution in [2.24, 2.45) is 5.73 Å². The Morgan fingerprint density at radius 1 is 1.39 bits per heavy atom. The van der Waals surface area contributed by atoms with Crippen molar-refractivity contribution in [3.8, 4) is 0 Å². The van der Waals surface area contributed by atoms with Gasteiger partial charge in [-0.15, -0.1) is 0 Å². The molecule has 5 nitrogen and oxygen atoms in total. The summed E-state index contributed by atoms with van der Waals surface area (Å²) < 4.78 is 0. The number of nitrogens with zero attached hydrogens (tertiary/aromatic N) is 2. The van der Waals surface area contributed by atoms with E-state index in [0.717, 1.165) is 18.9 Å². The normalized spacial score (nSPS) is 12.0. The van der Waals surface area contributed by atoms with Gasteiger partial charge in [-0.05, 0) is 32.4 Å². The molecule has 100 valence electrons. The molecule has 0 saturated heterocycles. The zero-order chi connectivity index (χ0) is 13.5. The molecule has 0 saturated carbocycles. The Hall–Kier alpha value is -1.62. The zero-order valence-corrected chi connectivity index (χ0v) is 11.3. The summed E-state index contributed by atoms with van der Waals surface area (Å²) in [6.07, 6.45) is 2.28. The Labute approximate surface area is 108 Å². The van der Waals surface area contributed by atoms with Crippen LogP contribution < -0.4 is 16.0 Å². The Kier molecular flexibility index (Phi) is 5.58. The molecule has 1 aromatic rings. The number of carbonyl (C=O) groups excluding carboxylic acids is 1. The van der Waals surface area contributed by atoms with E-state index in [-0.39, 0.29) is 5.91 Å². The molecule has 1 heterocycles. The van der Waals surface area contributed by atoms with E-state index in [9.17, 15) is 4.79 Å². The lowest BCUT2D eigenvalue weighted by Crippen LogP contribution is -2.34. The molecule has 0 aliphatic carbocycles. The first kappa shape index (κ1) is 14.4. The molecule has 18 heavy (non-hydrogen) atoms. The standard InChI is InChI=1S/C13H22N4O/c1-4-11(14)13(18)16-10-7-8-12(15-9-10)17(5-2)6-3/h7-9,11H,4-6,14H2,1-3H3,(H,16,18)/t11-/m1/s1. The number of carbonyl (C=O) groups is 1. The fourth-order valence-electron chi connectivity index (χ4n) is 1.62. The van der Waals surface area contributed by atoms with Gasteiger partial charge in [-0.1, -0.05) is 6.92 Å². The summed E-state index contributed by atoms with van der Waals surface area (Å²) in [6.45, 7) is 7.88. The van der Waals surface area contributed by atoms with Crippen molar-refractivity contribution in [3.05, 3.63) is 18.3 Å². The number of rotatable bonds is 6. The van der Waals surface area contributed by atoms with Gasteiger partial charge in [0.15, 0.2) is 0 Å². The molecule has 0 aromatic carbocycles. The number of hydrogen-bond acceptors (Lipinski definition) is 4. The van der Waals surface area contributed by atoms with E-state index in [1.54, 1.807) is 6.20 Å². The maximum absolute atomic E-state index is 11.6. The molecule has 0 radical (unpaired) electrons. The van der Waals surface area contributed by atoms with Crippen LogP contribution in [-0.4, -0.2) is 30.0 Å². The lowest BCUT2D eigenvalue weighted by atomic mass is 10.2. The second kappa shape index (κ2) is 6.96. The molecule has 0 aliphatic heterocycles. The lowest BCUT2D eigenvalue weighted by molar-refractivity contribution is -0.117. The van der Waals surface area contributed by atoms with Crippen LogP contribution >= 0.6 is 0 Å². The molecular formula is C13H22N4O. The second-order valence-corrected chi connectivity index (χ2v) is 4.08. The van der Waals surface area contributed by atoms with Crippen molar-refractivity contribution < 1.29 is 4.79 Å². The SMILES string of the molecule is CC[C@@H](N)C(=O)Nc1ccc(N(CC)CC)nc1. The van der Waals surface area contributed by atoms with Gasteiger partial charge in [-0.3, -0.25) is 4.79 Å². The van der Waals surface area contributed by atoms with Crippen molar-refractivity contribution in [3.63, 3.8) is 0 Å². The average Bonchev–Trinajstić information content (AvgIpc) is 2.41. The molecule has 3 N–H and O–H groups in total. The van der Waals surface area contributed by atoms with Gasteiger partial charge >= 0.3 is 0 Å². The highest BCUT2D eigenvalue weighted by Gasteiger charge is 2.11. The topological polar surface area (TPSA) is 71.2 Å². The van der Waals surface area contributed by atoms with E-state index in [1.807, 2.05) is 19.1 Å². The van der Waals surface area contributed by atoms with E-state index < -0.39 is 6.04 Å². The van der Waals surface area contributed by atoms with Gasteiger partial charge in [-0.2, -0.15) is 0 Å². The summed E-state index contributed by atoms with van der Waals surface area (Å²) in [5.74, 6) is 0.743. The first-order valence-corrected chi connectivity index (χ1v) is 6.39. The molecule has 1 atom stereocenters. The molecule has 1 rings (SSSR count). The Balaban J connectivity index is 2.68. The molecule has 5 heteroatoms. The zero-order valence-electron chi connectivity index (χ0n) is 11.3. The van der Waals surface area contributed by atoms with Gasteiger partial charge in [0.1, 0.15) is 5.82 Å². The van der Waals surface area contributed by atoms with Crippen LogP contribution in [0, 0.1) is 0 Å². The van der Waals surface area contributed by atoms with Crippen molar-refractivity contribution in [2.45, 2.75) is 33.2 Å². The van der Waals surface area contributed by atoms with Crippen LogP contribution in [0.1, 0.15) is 27.2 Å². The summed E-state index contributed by atoms with van der Waals surface area (Å²) in [7, 11) is 0. The minimum atomic E-state index is -0.465. The molecule has 1 aromatic heterocycles. The highest BCUT2D eigenvalue weighted by Crippen LogP contribution is 2.14. The van der Waals surface area contributed by atoms with Gasteiger partial charge in [0.25, 0.3) is 0 Å². The van der Waals surface area contributed by atoms with Crippen LogP contribution in [0.15, 0.2) is 18.3 Å². The van der Waals surface area contributed by atoms with Crippen LogP contribution in [0.2, 0.25) is 0 Å². The van der Waals surface area contributed by atoms with E-state index in [1.165, 1.54) is 0 Å². The third-order valence-corrected chi connectivity index (χ3v) is 2.88. The summed E-state index contributed by atoms with van der Waals surface area (Å²) in [6, 6.07) is 3.29. The third kappa shape index (κ3) is 3.70. The largest absolute Gasteiger partial charge is 0.357 e. The summed E-state index contributed by atoms with van der Waals surface area (Å²) >= 11 is 0. The molecular weight excluding hydrogens is 228 g/mol. The molecule has 0 unspecified atom stereocenters. The van der Waals surface area contributed by atoms with Gasteiger partial charge in [-0.25, -0.2) is 4.98 Å². The number of anilines is 2. The van der Waals surface area contributed by atoms with Crippen LogP contribution in [0.25, 0.3) is 0 Å². The van der Waals surface area contributed by atoms with Gasteiger partial charge in [0.2, 0.25) is 5.91 Å². The Morgan fingerprint density at radius 3 is 2.50 bits per heavy atom. The van der Waals surface area contributed by atoms with Crippen molar-refractivity contribution in [1.29, 1.82) is 0 Å². The summed E-state index contributed by atoms with van der Waals surface area (Å²) in [5.41, 5.74) is 6.33. The number of nitrogens with two attached hydrogens (primary N) is 1. The van der Waals surface area contributed by atoms with Crippen LogP contribution in [0.5, 0.6) is 0 Å². The number of hydrogen-bond donors (Lipinski definition) is 2. The van der Waals surface area contributed by atoms with E-state index >= 15 is 0 Å². The first-order valence-electron chi connectivity index (χ1n) is 6.39. The average molecular weight is 250 g/mol. The van der Waals surface area contributed by atoms with E-state index in [4.69, 9.17) is 5.73 Å². The quantitative estimate of drug-likeness (QED) is 0.804. The molecule has 0 bridgehead atoms.